The Labute approximate surface area is 112 Å². The Kier molecular flexibility index (Phi) is 5.14. The van der Waals surface area contributed by atoms with Gasteiger partial charge in [0.2, 0.25) is 0 Å². The lowest BCUT2D eigenvalue weighted by molar-refractivity contribution is -0.139. The van der Waals surface area contributed by atoms with Gasteiger partial charge >= 0.3 is 5.97 Å². The van der Waals surface area contributed by atoms with Crippen molar-refractivity contribution in [3.8, 4) is 6.07 Å². The Morgan fingerprint density at radius 3 is 2.61 bits per heavy atom. The molecule has 0 radical (unpaired) electrons. The lowest BCUT2D eigenvalue weighted by atomic mass is 9.96. The molecule has 96 valence electrons. The van der Waals surface area contributed by atoms with Gasteiger partial charge in [0.1, 0.15) is 6.04 Å². The first kappa shape index (κ1) is 14.5. The zero-order valence-electron chi connectivity index (χ0n) is 9.80. The average Bonchev–Trinajstić information content (AvgIpc) is 2.79. The number of nitrogens with zero attached hydrogens (tertiary/aromatic N) is 1. The molecule has 5 heteroatoms. The van der Waals surface area contributed by atoms with Crippen LogP contribution in [0.2, 0.25) is 0 Å². The largest absolute Gasteiger partial charge is 0.480 e. The zero-order chi connectivity index (χ0) is 12.3. The minimum Gasteiger partial charge on any atom is -0.480 e. The molecule has 0 saturated carbocycles. The van der Waals surface area contributed by atoms with Crippen molar-refractivity contribution in [3.63, 3.8) is 0 Å². The third-order valence-electron chi connectivity index (χ3n) is 3.13. The smallest absolute Gasteiger partial charge is 0.320 e. The molecule has 1 aromatic rings. The summed E-state index contributed by atoms with van der Waals surface area (Å²) < 4.78 is 0. The molecule has 2 N–H and O–H groups in total. The highest BCUT2D eigenvalue weighted by atomic mass is 35.5. The van der Waals surface area contributed by atoms with E-state index in [4.69, 9.17) is 10.4 Å². The number of carbonyl (C=O) groups is 1. The number of nitriles is 1. The van der Waals surface area contributed by atoms with Gasteiger partial charge in [0.25, 0.3) is 0 Å². The molecular weight excluding hydrogens is 252 g/mol. The number of carboxylic acids is 1. The van der Waals surface area contributed by atoms with E-state index in [2.05, 4.69) is 11.4 Å². The number of carboxylic acid groups (broad SMARTS) is 1. The molecule has 1 aromatic carbocycles. The Morgan fingerprint density at radius 2 is 2.11 bits per heavy atom. The fourth-order valence-corrected chi connectivity index (χ4v) is 2.20. The molecule has 0 spiro atoms. The Balaban J connectivity index is 0.00000162. The number of hydrogen-bond donors (Lipinski definition) is 2. The molecule has 1 fully saturated rings. The third-order valence-corrected chi connectivity index (χ3v) is 3.13. The molecule has 1 aliphatic heterocycles. The summed E-state index contributed by atoms with van der Waals surface area (Å²) in [5.41, 5.74) is 1.81. The van der Waals surface area contributed by atoms with Crippen LogP contribution in [0.3, 0.4) is 0 Å². The SMILES string of the molecule is Cl.N#Cc1ccc(CC2CNC(C(=O)O)C2)cc1. The number of nitrogens with one attached hydrogen (secondary N) is 1. The van der Waals surface area contributed by atoms with Crippen LogP contribution >= 0.6 is 12.4 Å². The van der Waals surface area contributed by atoms with E-state index in [1.54, 1.807) is 12.1 Å². The van der Waals surface area contributed by atoms with Crippen molar-refractivity contribution in [1.82, 2.24) is 5.32 Å². The van der Waals surface area contributed by atoms with Crippen molar-refractivity contribution >= 4 is 18.4 Å². The topological polar surface area (TPSA) is 73.1 Å². The summed E-state index contributed by atoms with van der Waals surface area (Å²) in [5.74, 6) is -0.406. The predicted octanol–water partition coefficient (Wildman–Crippen LogP) is 1.59. The summed E-state index contributed by atoms with van der Waals surface area (Å²) in [6.07, 6.45) is 1.54. The number of rotatable bonds is 3. The molecular formula is C13H15ClN2O2. The van der Waals surface area contributed by atoms with Gasteiger partial charge in [-0.1, -0.05) is 12.1 Å². The van der Waals surface area contributed by atoms with E-state index < -0.39 is 12.0 Å². The molecule has 1 aliphatic rings. The summed E-state index contributed by atoms with van der Waals surface area (Å²) in [6.45, 7) is 0.747. The number of benzene rings is 1. The third kappa shape index (κ3) is 3.46. The second-order valence-electron chi connectivity index (χ2n) is 4.41. The predicted molar refractivity (Wildman–Crippen MR) is 69.6 cm³/mol. The van der Waals surface area contributed by atoms with Crippen molar-refractivity contribution < 1.29 is 9.90 Å². The summed E-state index contributed by atoms with van der Waals surface area (Å²) >= 11 is 0. The maximum absolute atomic E-state index is 10.8. The molecule has 2 atom stereocenters. The average molecular weight is 267 g/mol. The highest BCUT2D eigenvalue weighted by molar-refractivity contribution is 5.85. The lowest BCUT2D eigenvalue weighted by Crippen LogP contribution is -2.29. The van der Waals surface area contributed by atoms with Crippen LogP contribution in [0.4, 0.5) is 0 Å². The summed E-state index contributed by atoms with van der Waals surface area (Å²) in [6, 6.07) is 9.15. The van der Waals surface area contributed by atoms with E-state index in [0.717, 1.165) is 18.5 Å². The molecule has 4 nitrogen and oxygen atoms in total. The Bertz CT molecular complexity index is 453. The molecule has 0 aromatic heterocycles. The van der Waals surface area contributed by atoms with Gasteiger partial charge < -0.3 is 10.4 Å². The zero-order valence-corrected chi connectivity index (χ0v) is 10.6. The molecule has 1 saturated heterocycles. The molecule has 2 rings (SSSR count). The van der Waals surface area contributed by atoms with Gasteiger partial charge in [-0.2, -0.15) is 5.26 Å². The fraction of sp³-hybridized carbons (Fsp3) is 0.385. The van der Waals surface area contributed by atoms with Crippen LogP contribution in [0.5, 0.6) is 0 Å². The van der Waals surface area contributed by atoms with Crippen LogP contribution in [0.1, 0.15) is 17.5 Å². The maximum atomic E-state index is 10.8. The molecule has 0 aliphatic carbocycles. The Hall–Kier alpha value is -1.57. The standard InChI is InChI=1S/C13H14N2O2.ClH/c14-7-10-3-1-9(2-4-10)5-11-6-12(13(16)17)15-8-11;/h1-4,11-12,15H,5-6,8H2,(H,16,17);1H. The van der Waals surface area contributed by atoms with Crippen LogP contribution in [0, 0.1) is 17.2 Å². The quantitative estimate of drug-likeness (QED) is 0.871. The van der Waals surface area contributed by atoms with E-state index in [-0.39, 0.29) is 12.4 Å². The minimum absolute atomic E-state index is 0. The van der Waals surface area contributed by atoms with Gasteiger partial charge in [-0.15, -0.1) is 12.4 Å². The number of aliphatic carboxylic acids is 1. The highest BCUT2D eigenvalue weighted by Crippen LogP contribution is 2.19. The van der Waals surface area contributed by atoms with Crippen molar-refractivity contribution in [2.75, 3.05) is 6.54 Å². The van der Waals surface area contributed by atoms with Crippen molar-refractivity contribution in [3.05, 3.63) is 35.4 Å². The van der Waals surface area contributed by atoms with Crippen LogP contribution in [0.25, 0.3) is 0 Å². The van der Waals surface area contributed by atoms with Crippen molar-refractivity contribution in [2.45, 2.75) is 18.9 Å². The molecule has 0 amide bonds. The lowest BCUT2D eigenvalue weighted by Gasteiger charge is -2.08. The van der Waals surface area contributed by atoms with Gasteiger partial charge in [0, 0.05) is 0 Å². The van der Waals surface area contributed by atoms with E-state index in [9.17, 15) is 4.79 Å². The monoisotopic (exact) mass is 266 g/mol. The fourth-order valence-electron chi connectivity index (χ4n) is 2.20. The maximum Gasteiger partial charge on any atom is 0.320 e. The van der Waals surface area contributed by atoms with Crippen molar-refractivity contribution in [2.24, 2.45) is 5.92 Å². The van der Waals surface area contributed by atoms with Gasteiger partial charge in [0.05, 0.1) is 11.6 Å². The van der Waals surface area contributed by atoms with Gasteiger partial charge in [-0.05, 0) is 43.0 Å². The van der Waals surface area contributed by atoms with E-state index >= 15 is 0 Å². The second-order valence-corrected chi connectivity index (χ2v) is 4.41. The second kappa shape index (κ2) is 6.39. The summed E-state index contributed by atoms with van der Waals surface area (Å²) in [4.78, 5) is 10.8. The summed E-state index contributed by atoms with van der Waals surface area (Å²) in [7, 11) is 0. The number of hydrogen-bond acceptors (Lipinski definition) is 3. The number of halogens is 1. The van der Waals surface area contributed by atoms with Gasteiger partial charge in [-0.3, -0.25) is 4.79 Å². The Morgan fingerprint density at radius 1 is 1.44 bits per heavy atom. The van der Waals surface area contributed by atoms with Gasteiger partial charge in [-0.25, -0.2) is 0 Å². The van der Waals surface area contributed by atoms with E-state index in [1.165, 1.54) is 0 Å². The first-order chi connectivity index (χ1) is 8.19. The van der Waals surface area contributed by atoms with Crippen LogP contribution in [-0.4, -0.2) is 23.7 Å². The van der Waals surface area contributed by atoms with Crippen LogP contribution in [0.15, 0.2) is 24.3 Å². The first-order valence-corrected chi connectivity index (χ1v) is 5.64. The van der Waals surface area contributed by atoms with Crippen LogP contribution in [-0.2, 0) is 11.2 Å². The van der Waals surface area contributed by atoms with Gasteiger partial charge in [0.15, 0.2) is 0 Å². The molecule has 0 bridgehead atoms. The normalized spacial score (nSPS) is 21.9. The van der Waals surface area contributed by atoms with E-state index in [1.807, 2.05) is 12.1 Å². The molecule has 1 heterocycles. The van der Waals surface area contributed by atoms with Crippen LogP contribution < -0.4 is 5.32 Å². The molecule has 18 heavy (non-hydrogen) atoms. The van der Waals surface area contributed by atoms with E-state index in [0.29, 0.717) is 17.9 Å². The first-order valence-electron chi connectivity index (χ1n) is 5.64. The summed E-state index contributed by atoms with van der Waals surface area (Å²) in [5, 5.41) is 20.5. The van der Waals surface area contributed by atoms with Crippen molar-refractivity contribution in [1.29, 1.82) is 5.26 Å². The highest BCUT2D eigenvalue weighted by Gasteiger charge is 2.28. The minimum atomic E-state index is -0.771. The molecule has 2 unspecified atom stereocenters.